The van der Waals surface area contributed by atoms with E-state index < -0.39 is 5.97 Å². The van der Waals surface area contributed by atoms with Crippen molar-refractivity contribution in [1.29, 1.82) is 0 Å². The van der Waals surface area contributed by atoms with Crippen LogP contribution in [-0.4, -0.2) is 53.0 Å². The number of carbonyl (C=O) groups excluding carboxylic acids is 2. The van der Waals surface area contributed by atoms with Crippen LogP contribution in [0, 0.1) is 0 Å². The molecule has 0 saturated carbocycles. The van der Waals surface area contributed by atoms with Crippen LogP contribution in [0.5, 0.6) is 11.5 Å². The molecule has 0 aliphatic rings. The molecule has 0 radical (unpaired) electrons. The van der Waals surface area contributed by atoms with E-state index in [2.05, 4.69) is 6.92 Å². The van der Waals surface area contributed by atoms with Gasteiger partial charge in [-0.1, -0.05) is 19.8 Å². The van der Waals surface area contributed by atoms with Crippen LogP contribution in [0.1, 0.15) is 55.5 Å². The number of benzene rings is 1. The van der Waals surface area contributed by atoms with Crippen LogP contribution in [-0.2, 0) is 30.2 Å². The lowest BCUT2D eigenvalue weighted by Crippen LogP contribution is -2.20. The summed E-state index contributed by atoms with van der Waals surface area (Å²) in [6, 6.07) is 3.42. The molecule has 1 aromatic rings. The summed E-state index contributed by atoms with van der Waals surface area (Å²) < 4.78 is 31.4. The summed E-state index contributed by atoms with van der Waals surface area (Å²) in [5.74, 6) is -0.410. The smallest absolute Gasteiger partial charge is 0.345 e. The molecule has 0 aliphatic heterocycles. The standard InChI is InChI=1S/C21H32O8/c1-6-7-8-9-17(29-15(2)22)10-16-11-18(27-13-24-3)20(21(23)26-5)19(12-16)28-14-25-4/h11-12,17H,6-10,13-14H2,1-5H3/t17-/m1/s1. The lowest BCUT2D eigenvalue weighted by molar-refractivity contribution is -0.146. The summed E-state index contributed by atoms with van der Waals surface area (Å²) in [6.45, 7) is 3.40. The van der Waals surface area contributed by atoms with Gasteiger partial charge >= 0.3 is 11.9 Å². The summed E-state index contributed by atoms with van der Waals surface area (Å²) >= 11 is 0. The minimum absolute atomic E-state index is 0.0545. The molecule has 29 heavy (non-hydrogen) atoms. The van der Waals surface area contributed by atoms with E-state index in [1.165, 1.54) is 28.3 Å². The average molecular weight is 412 g/mol. The third-order valence-corrected chi connectivity index (χ3v) is 4.11. The predicted octanol–water partition coefficient (Wildman–Crippen LogP) is 3.49. The number of methoxy groups -OCH3 is 3. The summed E-state index contributed by atoms with van der Waals surface area (Å²) in [5.41, 5.74) is 0.929. The van der Waals surface area contributed by atoms with E-state index in [-0.39, 0.29) is 42.7 Å². The van der Waals surface area contributed by atoms with Crippen LogP contribution in [0.4, 0.5) is 0 Å². The van der Waals surface area contributed by atoms with Crippen LogP contribution in [0.2, 0.25) is 0 Å². The molecule has 1 atom stereocenters. The maximum atomic E-state index is 12.3. The van der Waals surface area contributed by atoms with Gasteiger partial charge in [-0.15, -0.1) is 0 Å². The normalized spacial score (nSPS) is 11.6. The van der Waals surface area contributed by atoms with E-state index >= 15 is 0 Å². The molecule has 0 aliphatic carbocycles. The quantitative estimate of drug-likeness (QED) is 0.261. The summed E-state index contributed by atoms with van der Waals surface area (Å²) in [4.78, 5) is 23.8. The van der Waals surface area contributed by atoms with E-state index in [1.54, 1.807) is 12.1 Å². The van der Waals surface area contributed by atoms with Crippen LogP contribution >= 0.6 is 0 Å². The van der Waals surface area contributed by atoms with Gasteiger partial charge in [-0.2, -0.15) is 0 Å². The first kappa shape index (κ1) is 24.7. The Hall–Kier alpha value is -2.32. The largest absolute Gasteiger partial charge is 0.467 e. The average Bonchev–Trinajstić information content (AvgIpc) is 2.69. The zero-order valence-corrected chi connectivity index (χ0v) is 17.9. The zero-order valence-electron chi connectivity index (χ0n) is 17.9. The summed E-state index contributed by atoms with van der Waals surface area (Å²) in [5, 5.41) is 0. The van der Waals surface area contributed by atoms with Gasteiger partial charge in [0.2, 0.25) is 0 Å². The second-order valence-electron chi connectivity index (χ2n) is 6.49. The third kappa shape index (κ3) is 8.70. The zero-order chi connectivity index (χ0) is 21.6. The first-order valence-electron chi connectivity index (χ1n) is 9.62. The van der Waals surface area contributed by atoms with Gasteiger partial charge in [-0.25, -0.2) is 4.79 Å². The first-order valence-corrected chi connectivity index (χ1v) is 9.62. The fourth-order valence-electron chi connectivity index (χ4n) is 2.86. The Bertz CT molecular complexity index is 615. The van der Waals surface area contributed by atoms with Gasteiger partial charge in [-0.05, 0) is 30.5 Å². The van der Waals surface area contributed by atoms with Gasteiger partial charge in [0.25, 0.3) is 0 Å². The van der Waals surface area contributed by atoms with Gasteiger partial charge in [0.05, 0.1) is 7.11 Å². The van der Waals surface area contributed by atoms with Gasteiger partial charge in [0.15, 0.2) is 13.6 Å². The lowest BCUT2D eigenvalue weighted by atomic mass is 10.00. The number of esters is 2. The van der Waals surface area contributed by atoms with Gasteiger partial charge in [-0.3, -0.25) is 4.79 Å². The monoisotopic (exact) mass is 412 g/mol. The van der Waals surface area contributed by atoms with E-state index in [1.807, 2.05) is 0 Å². The van der Waals surface area contributed by atoms with Crippen LogP contribution < -0.4 is 9.47 Å². The number of hydrogen-bond donors (Lipinski definition) is 0. The molecule has 0 saturated heterocycles. The van der Waals surface area contributed by atoms with E-state index in [4.69, 9.17) is 28.4 Å². The van der Waals surface area contributed by atoms with Crippen molar-refractivity contribution < 1.29 is 38.0 Å². The van der Waals surface area contributed by atoms with Crippen molar-refractivity contribution in [2.24, 2.45) is 0 Å². The number of rotatable bonds is 14. The molecule has 8 nitrogen and oxygen atoms in total. The molecule has 0 spiro atoms. The Balaban J connectivity index is 3.24. The van der Waals surface area contributed by atoms with Crippen molar-refractivity contribution in [3.63, 3.8) is 0 Å². The number of hydrogen-bond acceptors (Lipinski definition) is 8. The number of ether oxygens (including phenoxy) is 6. The van der Waals surface area contributed by atoms with Gasteiger partial charge in [0, 0.05) is 27.6 Å². The van der Waals surface area contributed by atoms with E-state index in [0.717, 1.165) is 31.2 Å². The first-order chi connectivity index (χ1) is 14.0. The second-order valence-corrected chi connectivity index (χ2v) is 6.49. The Morgan fingerprint density at radius 1 is 0.966 bits per heavy atom. The summed E-state index contributed by atoms with van der Waals surface area (Å²) in [7, 11) is 4.24. The highest BCUT2D eigenvalue weighted by molar-refractivity contribution is 5.95. The molecule has 164 valence electrons. The Morgan fingerprint density at radius 2 is 1.55 bits per heavy atom. The van der Waals surface area contributed by atoms with Crippen LogP contribution in [0.3, 0.4) is 0 Å². The SMILES string of the molecule is CCCCC[C@H](Cc1cc(OCOC)c(C(=O)OC)c(OCOC)c1)OC(C)=O. The Morgan fingerprint density at radius 3 is 2.00 bits per heavy atom. The van der Waals surface area contributed by atoms with Crippen LogP contribution in [0.25, 0.3) is 0 Å². The van der Waals surface area contributed by atoms with E-state index in [9.17, 15) is 9.59 Å². The molecule has 0 heterocycles. The lowest BCUT2D eigenvalue weighted by Gasteiger charge is -2.20. The molecular weight excluding hydrogens is 380 g/mol. The minimum Gasteiger partial charge on any atom is -0.467 e. The fourth-order valence-corrected chi connectivity index (χ4v) is 2.86. The molecular formula is C21H32O8. The molecule has 0 aromatic heterocycles. The molecule has 1 aromatic carbocycles. The van der Waals surface area contributed by atoms with Crippen molar-refractivity contribution >= 4 is 11.9 Å². The third-order valence-electron chi connectivity index (χ3n) is 4.11. The molecule has 8 heteroatoms. The van der Waals surface area contributed by atoms with E-state index in [0.29, 0.717) is 6.42 Å². The van der Waals surface area contributed by atoms with Crippen molar-refractivity contribution in [2.75, 3.05) is 34.9 Å². The van der Waals surface area contributed by atoms with Crippen LogP contribution in [0.15, 0.2) is 12.1 Å². The fraction of sp³-hybridized carbons (Fsp3) is 0.619. The molecule has 1 rings (SSSR count). The molecule has 0 fully saturated rings. The topological polar surface area (TPSA) is 89.5 Å². The minimum atomic E-state index is -0.603. The highest BCUT2D eigenvalue weighted by Crippen LogP contribution is 2.33. The summed E-state index contributed by atoms with van der Waals surface area (Å²) in [6.07, 6.45) is 4.00. The number of carbonyl (C=O) groups is 2. The second kappa shape index (κ2) is 13.8. The molecule has 0 unspecified atom stereocenters. The highest BCUT2D eigenvalue weighted by Gasteiger charge is 2.23. The Kier molecular flexibility index (Phi) is 11.8. The maximum Gasteiger partial charge on any atom is 0.345 e. The molecule has 0 bridgehead atoms. The number of unbranched alkanes of at least 4 members (excludes halogenated alkanes) is 2. The van der Waals surface area contributed by atoms with Gasteiger partial charge < -0.3 is 28.4 Å². The van der Waals surface area contributed by atoms with Crippen molar-refractivity contribution in [3.8, 4) is 11.5 Å². The van der Waals surface area contributed by atoms with Gasteiger partial charge in [0.1, 0.15) is 23.2 Å². The maximum absolute atomic E-state index is 12.3. The highest BCUT2D eigenvalue weighted by atomic mass is 16.7. The van der Waals surface area contributed by atoms with Crippen molar-refractivity contribution in [3.05, 3.63) is 23.3 Å². The van der Waals surface area contributed by atoms with Crippen molar-refractivity contribution in [2.45, 2.75) is 52.1 Å². The molecule has 0 amide bonds. The Labute approximate surface area is 172 Å². The predicted molar refractivity (Wildman–Crippen MR) is 106 cm³/mol. The van der Waals surface area contributed by atoms with Crippen molar-refractivity contribution in [1.82, 2.24) is 0 Å². The molecule has 0 N–H and O–H groups in total.